The van der Waals surface area contributed by atoms with Gasteiger partial charge >= 0.3 is 0 Å². The molecule has 1 unspecified atom stereocenters. The highest BCUT2D eigenvalue weighted by Gasteiger charge is 2.25. The van der Waals surface area contributed by atoms with Crippen molar-refractivity contribution in [2.75, 3.05) is 25.0 Å². The molecule has 1 aliphatic heterocycles. The molecule has 0 saturated carbocycles. The molecule has 32 heavy (non-hydrogen) atoms. The Labute approximate surface area is 196 Å². The minimum Gasteiger partial charge on any atom is -0.468 e. The lowest BCUT2D eigenvalue weighted by atomic mass is 10.1. The fourth-order valence-corrected chi connectivity index (χ4v) is 4.50. The van der Waals surface area contributed by atoms with Crippen LogP contribution in [0.4, 0.5) is 5.69 Å². The SMILES string of the molecule is O=C(Nc1ccccc1C(=O)NCC(c1ccco1)N1CCCCC1)c1ccccc1Br. The van der Waals surface area contributed by atoms with Crippen LogP contribution in [0.1, 0.15) is 51.8 Å². The summed E-state index contributed by atoms with van der Waals surface area (Å²) in [7, 11) is 0. The third kappa shape index (κ3) is 5.29. The molecule has 7 heteroatoms. The van der Waals surface area contributed by atoms with Gasteiger partial charge in [-0.1, -0.05) is 30.7 Å². The van der Waals surface area contributed by atoms with Crippen molar-refractivity contribution >= 4 is 33.4 Å². The van der Waals surface area contributed by atoms with Gasteiger partial charge in [-0.15, -0.1) is 0 Å². The molecule has 166 valence electrons. The van der Waals surface area contributed by atoms with Gasteiger partial charge in [-0.25, -0.2) is 0 Å². The van der Waals surface area contributed by atoms with Gasteiger partial charge in [0, 0.05) is 11.0 Å². The third-order valence-electron chi connectivity index (χ3n) is 5.70. The van der Waals surface area contributed by atoms with Gasteiger partial charge in [-0.3, -0.25) is 14.5 Å². The first-order chi connectivity index (χ1) is 15.6. The average Bonchev–Trinajstić information content (AvgIpc) is 3.35. The zero-order chi connectivity index (χ0) is 22.3. The quantitative estimate of drug-likeness (QED) is 0.469. The number of hydrogen-bond donors (Lipinski definition) is 2. The van der Waals surface area contributed by atoms with Crippen molar-refractivity contribution in [2.45, 2.75) is 25.3 Å². The molecular formula is C25H26BrN3O3. The number of nitrogens with zero attached hydrogens (tertiary/aromatic N) is 1. The summed E-state index contributed by atoms with van der Waals surface area (Å²) in [4.78, 5) is 28.2. The van der Waals surface area contributed by atoms with Crippen molar-refractivity contribution in [3.05, 3.63) is 88.3 Å². The Morgan fingerprint density at radius 3 is 2.34 bits per heavy atom. The maximum Gasteiger partial charge on any atom is 0.256 e. The number of carbonyl (C=O) groups is 2. The number of anilines is 1. The number of rotatable bonds is 7. The summed E-state index contributed by atoms with van der Waals surface area (Å²) in [5.74, 6) is 0.337. The van der Waals surface area contributed by atoms with Crippen LogP contribution in [0.2, 0.25) is 0 Å². The number of piperidine rings is 1. The lowest BCUT2D eigenvalue weighted by Crippen LogP contribution is -2.40. The molecule has 0 aliphatic carbocycles. The van der Waals surface area contributed by atoms with E-state index in [0.29, 0.717) is 27.8 Å². The second-order valence-corrected chi connectivity index (χ2v) is 8.67. The zero-order valence-corrected chi connectivity index (χ0v) is 19.3. The molecule has 1 aromatic heterocycles. The van der Waals surface area contributed by atoms with Crippen LogP contribution in [0, 0.1) is 0 Å². The standard InChI is InChI=1S/C25H26BrN3O3/c26-20-11-4-2-9-18(20)25(31)28-21-12-5-3-10-19(21)24(30)27-17-22(23-13-8-16-32-23)29-14-6-1-7-15-29/h2-5,8-13,16,22H,1,6-7,14-15,17H2,(H,27,30)(H,28,31). The van der Waals surface area contributed by atoms with Crippen molar-refractivity contribution in [3.8, 4) is 0 Å². The summed E-state index contributed by atoms with van der Waals surface area (Å²) in [6, 6.07) is 18.0. The first-order valence-corrected chi connectivity index (χ1v) is 11.6. The Morgan fingerprint density at radius 1 is 0.906 bits per heavy atom. The first-order valence-electron chi connectivity index (χ1n) is 10.8. The van der Waals surface area contributed by atoms with Crippen molar-refractivity contribution in [2.24, 2.45) is 0 Å². The van der Waals surface area contributed by atoms with Crippen LogP contribution >= 0.6 is 15.9 Å². The van der Waals surface area contributed by atoms with Crippen molar-refractivity contribution in [1.82, 2.24) is 10.2 Å². The highest BCUT2D eigenvalue weighted by Crippen LogP contribution is 2.25. The van der Waals surface area contributed by atoms with Crippen LogP contribution in [0.5, 0.6) is 0 Å². The van der Waals surface area contributed by atoms with Crippen LogP contribution in [-0.2, 0) is 0 Å². The maximum absolute atomic E-state index is 13.1. The molecule has 1 aliphatic rings. The van der Waals surface area contributed by atoms with Gasteiger partial charge in [-0.2, -0.15) is 0 Å². The van der Waals surface area contributed by atoms with E-state index < -0.39 is 0 Å². The van der Waals surface area contributed by atoms with Crippen LogP contribution in [0.3, 0.4) is 0 Å². The monoisotopic (exact) mass is 495 g/mol. The molecule has 1 saturated heterocycles. The summed E-state index contributed by atoms with van der Waals surface area (Å²) >= 11 is 3.40. The molecule has 4 rings (SSSR count). The van der Waals surface area contributed by atoms with E-state index in [4.69, 9.17) is 4.42 Å². The lowest BCUT2D eigenvalue weighted by molar-refractivity contribution is 0.0915. The fourth-order valence-electron chi connectivity index (χ4n) is 4.03. The lowest BCUT2D eigenvalue weighted by Gasteiger charge is -2.33. The molecule has 1 atom stereocenters. The van der Waals surface area contributed by atoms with Crippen LogP contribution in [0.15, 0.2) is 75.8 Å². The molecule has 2 N–H and O–H groups in total. The molecule has 3 aromatic rings. The van der Waals surface area contributed by atoms with Gasteiger partial charge < -0.3 is 15.1 Å². The molecule has 1 fully saturated rings. The Bertz CT molecular complexity index is 1060. The summed E-state index contributed by atoms with van der Waals surface area (Å²) in [6.45, 7) is 2.40. The average molecular weight is 496 g/mol. The summed E-state index contributed by atoms with van der Waals surface area (Å²) in [5.41, 5.74) is 1.40. The molecule has 0 bridgehead atoms. The van der Waals surface area contributed by atoms with Gasteiger partial charge in [0.1, 0.15) is 5.76 Å². The highest BCUT2D eigenvalue weighted by molar-refractivity contribution is 9.10. The number of carbonyl (C=O) groups excluding carboxylic acids is 2. The van der Waals surface area contributed by atoms with Crippen LogP contribution in [0.25, 0.3) is 0 Å². The topological polar surface area (TPSA) is 74.6 Å². The largest absolute Gasteiger partial charge is 0.468 e. The normalized spacial score (nSPS) is 15.2. The van der Waals surface area contributed by atoms with Crippen molar-refractivity contribution in [1.29, 1.82) is 0 Å². The molecule has 2 amide bonds. The molecule has 0 spiro atoms. The van der Waals surface area contributed by atoms with Gasteiger partial charge in [-0.05, 0) is 78.3 Å². The van der Waals surface area contributed by atoms with E-state index in [9.17, 15) is 9.59 Å². The van der Waals surface area contributed by atoms with Crippen LogP contribution < -0.4 is 10.6 Å². The number of hydrogen-bond acceptors (Lipinski definition) is 4. The number of nitrogens with one attached hydrogen (secondary N) is 2. The summed E-state index contributed by atoms with van der Waals surface area (Å²) < 4.78 is 6.37. The number of likely N-dealkylation sites (tertiary alicyclic amines) is 1. The molecule has 2 aromatic carbocycles. The van der Waals surface area contributed by atoms with Gasteiger partial charge in [0.25, 0.3) is 11.8 Å². The molecular weight excluding hydrogens is 470 g/mol. The van der Waals surface area contributed by atoms with Gasteiger partial charge in [0.15, 0.2) is 0 Å². The van der Waals surface area contributed by atoms with Gasteiger partial charge in [0.2, 0.25) is 0 Å². The second-order valence-electron chi connectivity index (χ2n) is 7.82. The Morgan fingerprint density at radius 2 is 1.62 bits per heavy atom. The van der Waals surface area contributed by atoms with Gasteiger partial charge in [0.05, 0.1) is 29.1 Å². The molecule has 6 nitrogen and oxygen atoms in total. The Hall–Kier alpha value is -2.90. The third-order valence-corrected chi connectivity index (χ3v) is 6.39. The van der Waals surface area contributed by atoms with E-state index in [0.717, 1.165) is 31.7 Å². The Kier molecular flexibility index (Phi) is 7.39. The maximum atomic E-state index is 13.1. The highest BCUT2D eigenvalue weighted by atomic mass is 79.9. The number of benzene rings is 2. The van der Waals surface area contributed by atoms with E-state index in [1.54, 1.807) is 42.7 Å². The smallest absolute Gasteiger partial charge is 0.256 e. The first kappa shape index (κ1) is 22.3. The summed E-state index contributed by atoms with van der Waals surface area (Å²) in [5, 5.41) is 5.92. The number of para-hydroxylation sites is 1. The van der Waals surface area contributed by atoms with Crippen LogP contribution in [-0.4, -0.2) is 36.3 Å². The van der Waals surface area contributed by atoms with E-state index in [-0.39, 0.29) is 17.9 Å². The Balaban J connectivity index is 1.47. The number of furan rings is 1. The molecule has 0 radical (unpaired) electrons. The zero-order valence-electron chi connectivity index (χ0n) is 17.7. The van der Waals surface area contributed by atoms with Crippen molar-refractivity contribution in [3.63, 3.8) is 0 Å². The minimum absolute atomic E-state index is 0.0173. The molecule has 2 heterocycles. The summed E-state index contributed by atoms with van der Waals surface area (Å²) in [6.07, 6.45) is 5.20. The minimum atomic E-state index is -0.278. The fraction of sp³-hybridized carbons (Fsp3) is 0.280. The second kappa shape index (κ2) is 10.6. The predicted octanol–water partition coefficient (Wildman–Crippen LogP) is 5.25. The number of halogens is 1. The van der Waals surface area contributed by atoms with Crippen molar-refractivity contribution < 1.29 is 14.0 Å². The van der Waals surface area contributed by atoms with E-state index in [2.05, 4.69) is 31.5 Å². The van der Waals surface area contributed by atoms with E-state index >= 15 is 0 Å². The van der Waals surface area contributed by atoms with E-state index in [1.165, 1.54) is 6.42 Å². The predicted molar refractivity (Wildman–Crippen MR) is 128 cm³/mol. The van der Waals surface area contributed by atoms with E-state index in [1.807, 2.05) is 24.3 Å². The number of amides is 2.